The lowest BCUT2D eigenvalue weighted by Crippen LogP contribution is -2.41. The van der Waals surface area contributed by atoms with Crippen molar-refractivity contribution in [2.45, 2.75) is 36.3 Å². The van der Waals surface area contributed by atoms with Gasteiger partial charge in [0.05, 0.1) is 5.60 Å². The molecule has 1 aromatic rings. The second-order valence-corrected chi connectivity index (χ2v) is 6.57. The molecule has 2 N–H and O–H groups in total. The monoisotopic (exact) mass is 299 g/mol. The average molecular weight is 299 g/mol. The van der Waals surface area contributed by atoms with Crippen LogP contribution in [0.1, 0.15) is 31.4 Å². The van der Waals surface area contributed by atoms with Crippen LogP contribution in [0.2, 0.25) is 0 Å². The summed E-state index contributed by atoms with van der Waals surface area (Å²) in [7, 11) is 1.63. The third-order valence-electron chi connectivity index (χ3n) is 3.60. The molecule has 3 nitrogen and oxygen atoms in total. The molecule has 2 atom stereocenters. The number of hydrogen-bond donors (Lipinski definition) is 2. The van der Waals surface area contributed by atoms with Crippen LogP contribution in [0, 0.1) is 5.82 Å². The minimum atomic E-state index is -0.811. The summed E-state index contributed by atoms with van der Waals surface area (Å²) in [6.07, 6.45) is 1.52. The maximum Gasteiger partial charge on any atom is 0.137 e. The first-order chi connectivity index (χ1) is 9.53. The molecule has 0 spiro atoms. The Hall–Kier alpha value is -0.620. The highest BCUT2D eigenvalue weighted by atomic mass is 32.2. The molecule has 1 aromatic carbocycles. The molecule has 2 unspecified atom stereocenters. The first-order valence-electron chi connectivity index (χ1n) is 6.89. The largest absolute Gasteiger partial charge is 0.389 e. The lowest BCUT2D eigenvalue weighted by molar-refractivity contribution is 0.0225. The quantitative estimate of drug-likeness (QED) is 0.847. The summed E-state index contributed by atoms with van der Waals surface area (Å²) in [5.41, 5.74) is 0.192. The van der Waals surface area contributed by atoms with Gasteiger partial charge in [-0.2, -0.15) is 0 Å². The Bertz CT molecular complexity index is 453. The lowest BCUT2D eigenvalue weighted by Gasteiger charge is -2.30. The van der Waals surface area contributed by atoms with Gasteiger partial charge in [0.15, 0.2) is 0 Å². The Balaban J connectivity index is 2.00. The smallest absolute Gasteiger partial charge is 0.137 e. The number of nitrogens with one attached hydrogen (secondary N) is 1. The van der Waals surface area contributed by atoms with E-state index in [1.165, 1.54) is 6.07 Å². The van der Waals surface area contributed by atoms with E-state index < -0.39 is 5.60 Å². The van der Waals surface area contributed by atoms with Crippen LogP contribution in [-0.4, -0.2) is 36.7 Å². The van der Waals surface area contributed by atoms with Crippen molar-refractivity contribution in [3.8, 4) is 0 Å². The molecule has 1 heterocycles. The van der Waals surface area contributed by atoms with Gasteiger partial charge in [-0.25, -0.2) is 4.39 Å². The number of methoxy groups -OCH3 is 1. The van der Waals surface area contributed by atoms with Crippen LogP contribution >= 0.6 is 11.8 Å². The van der Waals surface area contributed by atoms with Gasteiger partial charge in [-0.15, -0.1) is 11.8 Å². The third kappa shape index (κ3) is 3.95. The number of aliphatic hydroxyl groups is 1. The third-order valence-corrected chi connectivity index (χ3v) is 4.76. The van der Waals surface area contributed by atoms with Crippen LogP contribution in [0.4, 0.5) is 4.39 Å². The lowest BCUT2D eigenvalue weighted by atomic mass is 9.99. The van der Waals surface area contributed by atoms with Gasteiger partial charge in [0.1, 0.15) is 5.82 Å². The molecule has 0 saturated carbocycles. The van der Waals surface area contributed by atoms with Gasteiger partial charge in [-0.3, -0.25) is 0 Å². The number of hydrogen-bond acceptors (Lipinski definition) is 4. The van der Waals surface area contributed by atoms with E-state index in [-0.39, 0.29) is 11.9 Å². The minimum absolute atomic E-state index is 0.107. The number of thioether (sulfide) groups is 1. The molecule has 112 valence electrons. The van der Waals surface area contributed by atoms with Crippen molar-refractivity contribution in [3.05, 3.63) is 29.6 Å². The molecule has 20 heavy (non-hydrogen) atoms. The number of benzene rings is 1. The zero-order chi connectivity index (χ0) is 14.6. The van der Waals surface area contributed by atoms with E-state index in [9.17, 15) is 9.50 Å². The first kappa shape index (κ1) is 15.8. The van der Waals surface area contributed by atoms with E-state index in [4.69, 9.17) is 4.74 Å². The molecule has 0 aliphatic carbocycles. The summed E-state index contributed by atoms with van der Waals surface area (Å²) in [5.74, 6) is 0.747. The highest BCUT2D eigenvalue weighted by Crippen LogP contribution is 2.37. The van der Waals surface area contributed by atoms with Gasteiger partial charge >= 0.3 is 0 Å². The van der Waals surface area contributed by atoms with E-state index >= 15 is 0 Å². The Morgan fingerprint density at radius 3 is 3.10 bits per heavy atom. The zero-order valence-electron chi connectivity index (χ0n) is 12.0. The van der Waals surface area contributed by atoms with Gasteiger partial charge in [0, 0.05) is 37.6 Å². The standard InChI is InChI=1S/C15H22FNO2S/c1-15(18,7-8-19-2)10-17-13-6-9-20-14-11(13)4-3-5-12(14)16/h3-5,13,17-18H,6-10H2,1-2H3. The van der Waals surface area contributed by atoms with Crippen LogP contribution < -0.4 is 5.32 Å². The summed E-state index contributed by atoms with van der Waals surface area (Å²) < 4.78 is 18.8. The predicted octanol–water partition coefficient (Wildman–Crippen LogP) is 2.74. The summed E-state index contributed by atoms with van der Waals surface area (Å²) >= 11 is 1.57. The fourth-order valence-electron chi connectivity index (χ4n) is 2.35. The summed E-state index contributed by atoms with van der Waals surface area (Å²) in [6.45, 7) is 2.80. The van der Waals surface area contributed by atoms with E-state index in [1.54, 1.807) is 31.9 Å². The van der Waals surface area contributed by atoms with Crippen molar-refractivity contribution >= 4 is 11.8 Å². The molecule has 0 amide bonds. The molecule has 5 heteroatoms. The molecule has 0 radical (unpaired) electrons. The number of fused-ring (bicyclic) bond motifs is 1. The normalized spacial score (nSPS) is 21.3. The van der Waals surface area contributed by atoms with Crippen LogP contribution in [-0.2, 0) is 4.74 Å². The zero-order valence-corrected chi connectivity index (χ0v) is 12.8. The molecule has 0 fully saturated rings. The van der Waals surface area contributed by atoms with Gasteiger partial charge in [-0.1, -0.05) is 12.1 Å². The fraction of sp³-hybridized carbons (Fsp3) is 0.600. The van der Waals surface area contributed by atoms with Crippen molar-refractivity contribution in [2.24, 2.45) is 0 Å². The SMILES string of the molecule is COCCC(C)(O)CNC1CCSc2c(F)cccc21. The molecule has 1 aliphatic heterocycles. The molecular formula is C15H22FNO2S. The summed E-state index contributed by atoms with van der Waals surface area (Å²) in [6, 6.07) is 5.32. The van der Waals surface area contributed by atoms with Gasteiger partial charge < -0.3 is 15.2 Å². The Kier molecular flexibility index (Phi) is 5.43. The van der Waals surface area contributed by atoms with Crippen LogP contribution in [0.25, 0.3) is 0 Å². The van der Waals surface area contributed by atoms with Crippen molar-refractivity contribution in [1.82, 2.24) is 5.32 Å². The minimum Gasteiger partial charge on any atom is -0.389 e. The van der Waals surface area contributed by atoms with Crippen molar-refractivity contribution in [1.29, 1.82) is 0 Å². The molecule has 0 bridgehead atoms. The van der Waals surface area contributed by atoms with Gasteiger partial charge in [-0.05, 0) is 30.7 Å². The summed E-state index contributed by atoms with van der Waals surface area (Å²) in [4.78, 5) is 0.743. The van der Waals surface area contributed by atoms with E-state index in [0.717, 1.165) is 22.6 Å². The van der Waals surface area contributed by atoms with Crippen molar-refractivity contribution < 1.29 is 14.2 Å². The predicted molar refractivity (Wildman–Crippen MR) is 79.6 cm³/mol. The van der Waals surface area contributed by atoms with E-state index in [0.29, 0.717) is 19.6 Å². The molecule has 2 rings (SSSR count). The molecular weight excluding hydrogens is 277 g/mol. The number of rotatable bonds is 6. The summed E-state index contributed by atoms with van der Waals surface area (Å²) in [5, 5.41) is 13.6. The topological polar surface area (TPSA) is 41.5 Å². The highest BCUT2D eigenvalue weighted by Gasteiger charge is 2.26. The Morgan fingerprint density at radius 1 is 1.55 bits per heavy atom. The fourth-order valence-corrected chi connectivity index (χ4v) is 3.49. The van der Waals surface area contributed by atoms with Crippen molar-refractivity contribution in [3.63, 3.8) is 0 Å². The van der Waals surface area contributed by atoms with Gasteiger partial charge in [0.25, 0.3) is 0 Å². The second kappa shape index (κ2) is 6.89. The Morgan fingerprint density at radius 2 is 2.35 bits per heavy atom. The van der Waals surface area contributed by atoms with Crippen LogP contribution in [0.5, 0.6) is 0 Å². The van der Waals surface area contributed by atoms with Crippen molar-refractivity contribution in [2.75, 3.05) is 26.0 Å². The average Bonchev–Trinajstić information content (AvgIpc) is 2.44. The van der Waals surface area contributed by atoms with E-state index in [1.807, 2.05) is 6.07 Å². The first-order valence-corrected chi connectivity index (χ1v) is 7.88. The van der Waals surface area contributed by atoms with Gasteiger partial charge in [0.2, 0.25) is 0 Å². The molecule has 0 saturated heterocycles. The number of ether oxygens (including phenoxy) is 1. The molecule has 0 aromatic heterocycles. The number of halogens is 1. The van der Waals surface area contributed by atoms with E-state index in [2.05, 4.69) is 5.32 Å². The Labute approximate surface area is 123 Å². The van der Waals surface area contributed by atoms with Crippen LogP contribution in [0.15, 0.2) is 23.1 Å². The second-order valence-electron chi connectivity index (χ2n) is 5.47. The maximum atomic E-state index is 13.8. The molecule has 1 aliphatic rings. The van der Waals surface area contributed by atoms with Crippen LogP contribution in [0.3, 0.4) is 0 Å². The highest BCUT2D eigenvalue weighted by molar-refractivity contribution is 7.99. The maximum absolute atomic E-state index is 13.8.